The predicted octanol–water partition coefficient (Wildman–Crippen LogP) is 2.75. The van der Waals surface area contributed by atoms with E-state index in [9.17, 15) is 4.79 Å². The second-order valence-corrected chi connectivity index (χ2v) is 4.80. The Hall–Kier alpha value is -2.49. The molecule has 1 aliphatic rings. The van der Waals surface area contributed by atoms with Gasteiger partial charge in [0, 0.05) is 12.2 Å². The Kier molecular flexibility index (Phi) is 3.06. The number of methoxy groups -OCH3 is 1. The average Bonchev–Trinajstić information content (AvgIpc) is 2.90. The number of esters is 1. The minimum Gasteiger partial charge on any atom is -0.465 e. The number of benzene rings is 2. The van der Waals surface area contributed by atoms with Crippen LogP contribution in [0.4, 0.5) is 17.1 Å². The van der Waals surface area contributed by atoms with E-state index >= 15 is 0 Å². The van der Waals surface area contributed by atoms with Gasteiger partial charge in [-0.05, 0) is 36.2 Å². The summed E-state index contributed by atoms with van der Waals surface area (Å²) in [5.41, 5.74) is 10.6. The highest BCUT2D eigenvalue weighted by molar-refractivity contribution is 5.92. The molecule has 1 heterocycles. The van der Waals surface area contributed by atoms with Crippen LogP contribution < -0.4 is 10.6 Å². The van der Waals surface area contributed by atoms with Gasteiger partial charge in [0.05, 0.1) is 24.0 Å². The van der Waals surface area contributed by atoms with E-state index in [0.29, 0.717) is 11.3 Å². The van der Waals surface area contributed by atoms with E-state index in [4.69, 9.17) is 10.5 Å². The van der Waals surface area contributed by atoms with Crippen molar-refractivity contribution in [3.63, 3.8) is 0 Å². The highest BCUT2D eigenvalue weighted by Crippen LogP contribution is 2.37. The zero-order valence-electron chi connectivity index (χ0n) is 11.3. The normalized spacial score (nSPS) is 13.2. The Bertz CT molecular complexity index is 667. The van der Waals surface area contributed by atoms with Crippen molar-refractivity contribution in [2.45, 2.75) is 6.42 Å². The Balaban J connectivity index is 1.98. The summed E-state index contributed by atoms with van der Waals surface area (Å²) in [6.45, 7) is 0.904. The van der Waals surface area contributed by atoms with Crippen molar-refractivity contribution in [2.75, 3.05) is 24.3 Å². The lowest BCUT2D eigenvalue weighted by Gasteiger charge is -2.21. The van der Waals surface area contributed by atoms with Crippen LogP contribution in [0.25, 0.3) is 0 Å². The Morgan fingerprint density at radius 2 is 2.00 bits per heavy atom. The van der Waals surface area contributed by atoms with E-state index in [2.05, 4.69) is 17.0 Å². The lowest BCUT2D eigenvalue weighted by atomic mass is 10.1. The monoisotopic (exact) mass is 268 g/mol. The molecule has 0 unspecified atom stereocenters. The van der Waals surface area contributed by atoms with Crippen molar-refractivity contribution in [3.05, 3.63) is 53.6 Å². The van der Waals surface area contributed by atoms with Gasteiger partial charge in [-0.15, -0.1) is 0 Å². The fourth-order valence-electron chi connectivity index (χ4n) is 2.63. The number of nitrogens with zero attached hydrogens (tertiary/aromatic N) is 1. The van der Waals surface area contributed by atoms with E-state index in [1.807, 2.05) is 18.2 Å². The molecule has 2 aromatic carbocycles. The summed E-state index contributed by atoms with van der Waals surface area (Å²) in [5, 5.41) is 0. The highest BCUT2D eigenvalue weighted by atomic mass is 16.5. The quantitative estimate of drug-likeness (QED) is 0.672. The van der Waals surface area contributed by atoms with Crippen molar-refractivity contribution in [1.29, 1.82) is 0 Å². The summed E-state index contributed by atoms with van der Waals surface area (Å²) < 4.78 is 4.70. The molecule has 1 aliphatic heterocycles. The molecule has 0 bridgehead atoms. The molecule has 0 radical (unpaired) electrons. The molecule has 0 atom stereocenters. The number of carbonyl (C=O) groups is 1. The third kappa shape index (κ3) is 1.99. The summed E-state index contributed by atoms with van der Waals surface area (Å²) >= 11 is 0. The van der Waals surface area contributed by atoms with Crippen molar-refractivity contribution in [1.82, 2.24) is 0 Å². The molecule has 0 saturated carbocycles. The topological polar surface area (TPSA) is 55.6 Å². The van der Waals surface area contributed by atoms with Crippen LogP contribution in [-0.4, -0.2) is 19.6 Å². The minimum absolute atomic E-state index is 0.370. The van der Waals surface area contributed by atoms with Crippen LogP contribution in [0.15, 0.2) is 42.5 Å². The van der Waals surface area contributed by atoms with Crippen molar-refractivity contribution >= 4 is 23.0 Å². The van der Waals surface area contributed by atoms with Crippen LogP contribution in [0.5, 0.6) is 0 Å². The first-order valence-electron chi connectivity index (χ1n) is 6.54. The fourth-order valence-corrected chi connectivity index (χ4v) is 2.63. The van der Waals surface area contributed by atoms with Gasteiger partial charge in [0.15, 0.2) is 0 Å². The Morgan fingerprint density at radius 3 is 2.75 bits per heavy atom. The van der Waals surface area contributed by atoms with Crippen LogP contribution in [0, 0.1) is 0 Å². The first-order valence-corrected chi connectivity index (χ1v) is 6.54. The number of nitrogen functional groups attached to an aromatic ring is 1. The summed E-state index contributed by atoms with van der Waals surface area (Å²) in [6, 6.07) is 13.6. The SMILES string of the molecule is COC(=O)c1ccc(N2CCc3ccccc32)c(N)c1. The molecular formula is C16H16N2O2. The van der Waals surface area contributed by atoms with Gasteiger partial charge in [0.25, 0.3) is 0 Å². The van der Waals surface area contributed by atoms with E-state index in [1.165, 1.54) is 18.4 Å². The van der Waals surface area contributed by atoms with Gasteiger partial charge in [-0.1, -0.05) is 18.2 Å². The molecule has 0 saturated heterocycles. The van der Waals surface area contributed by atoms with E-state index in [1.54, 1.807) is 12.1 Å². The number of hydrogen-bond donors (Lipinski definition) is 1. The molecule has 0 fully saturated rings. The van der Waals surface area contributed by atoms with E-state index in [-0.39, 0.29) is 5.97 Å². The lowest BCUT2D eigenvalue weighted by Crippen LogP contribution is -2.15. The van der Waals surface area contributed by atoms with Gasteiger partial charge in [0.1, 0.15) is 0 Å². The molecular weight excluding hydrogens is 252 g/mol. The summed E-state index contributed by atoms with van der Waals surface area (Å²) in [4.78, 5) is 13.7. The Morgan fingerprint density at radius 1 is 1.20 bits per heavy atom. The van der Waals surface area contributed by atoms with Crippen molar-refractivity contribution < 1.29 is 9.53 Å². The molecule has 2 aromatic rings. The number of rotatable bonds is 2. The second-order valence-electron chi connectivity index (χ2n) is 4.80. The molecule has 0 aromatic heterocycles. The minimum atomic E-state index is -0.370. The number of hydrogen-bond acceptors (Lipinski definition) is 4. The Labute approximate surface area is 117 Å². The third-order valence-corrected chi connectivity index (χ3v) is 3.63. The van der Waals surface area contributed by atoms with Gasteiger partial charge < -0.3 is 15.4 Å². The van der Waals surface area contributed by atoms with Gasteiger partial charge in [0.2, 0.25) is 0 Å². The van der Waals surface area contributed by atoms with Crippen molar-refractivity contribution in [3.8, 4) is 0 Å². The summed E-state index contributed by atoms with van der Waals surface area (Å²) in [5.74, 6) is -0.370. The zero-order chi connectivity index (χ0) is 14.1. The number of nitrogens with two attached hydrogens (primary N) is 1. The van der Waals surface area contributed by atoms with Crippen LogP contribution in [0.3, 0.4) is 0 Å². The smallest absolute Gasteiger partial charge is 0.337 e. The number of anilines is 3. The maximum Gasteiger partial charge on any atom is 0.337 e. The standard InChI is InChI=1S/C16H16N2O2/c1-20-16(19)12-6-7-15(13(17)10-12)18-9-8-11-4-2-3-5-14(11)18/h2-7,10H,8-9,17H2,1H3. The average molecular weight is 268 g/mol. The number of ether oxygens (including phenoxy) is 1. The first kappa shape index (κ1) is 12.5. The van der Waals surface area contributed by atoms with Gasteiger partial charge in [-0.3, -0.25) is 0 Å². The van der Waals surface area contributed by atoms with E-state index in [0.717, 1.165) is 18.7 Å². The lowest BCUT2D eigenvalue weighted by molar-refractivity contribution is 0.0601. The summed E-state index contributed by atoms with van der Waals surface area (Å²) in [7, 11) is 1.36. The molecule has 20 heavy (non-hydrogen) atoms. The number of fused-ring (bicyclic) bond motifs is 1. The third-order valence-electron chi connectivity index (χ3n) is 3.63. The van der Waals surface area contributed by atoms with Gasteiger partial charge in [-0.2, -0.15) is 0 Å². The maximum absolute atomic E-state index is 11.5. The van der Waals surface area contributed by atoms with Crippen LogP contribution in [0.1, 0.15) is 15.9 Å². The first-order chi connectivity index (χ1) is 9.70. The molecule has 4 heteroatoms. The van der Waals surface area contributed by atoms with Crippen LogP contribution >= 0.6 is 0 Å². The highest BCUT2D eigenvalue weighted by Gasteiger charge is 2.21. The van der Waals surface area contributed by atoms with Crippen LogP contribution in [-0.2, 0) is 11.2 Å². The molecule has 3 rings (SSSR count). The molecule has 0 amide bonds. The van der Waals surface area contributed by atoms with E-state index < -0.39 is 0 Å². The zero-order valence-corrected chi connectivity index (χ0v) is 11.3. The second kappa shape index (κ2) is 4.89. The molecule has 0 spiro atoms. The largest absolute Gasteiger partial charge is 0.465 e. The summed E-state index contributed by atoms with van der Waals surface area (Å²) in [6.07, 6.45) is 1.01. The van der Waals surface area contributed by atoms with Crippen molar-refractivity contribution in [2.24, 2.45) is 0 Å². The molecule has 0 aliphatic carbocycles. The molecule has 102 valence electrons. The molecule has 2 N–H and O–H groups in total. The maximum atomic E-state index is 11.5. The molecule has 4 nitrogen and oxygen atoms in total. The fraction of sp³-hybridized carbons (Fsp3) is 0.188. The predicted molar refractivity (Wildman–Crippen MR) is 79.3 cm³/mol. The number of para-hydroxylation sites is 1. The van der Waals surface area contributed by atoms with Gasteiger partial charge in [-0.25, -0.2) is 4.79 Å². The number of carbonyl (C=O) groups excluding carboxylic acids is 1. The van der Waals surface area contributed by atoms with Gasteiger partial charge >= 0.3 is 5.97 Å². The van der Waals surface area contributed by atoms with Crippen LogP contribution in [0.2, 0.25) is 0 Å².